The number of rotatable bonds is 3. The van der Waals surface area contributed by atoms with Crippen LogP contribution in [-0.4, -0.2) is 71.4 Å². The molecule has 0 aromatic carbocycles. The third-order valence-corrected chi connectivity index (χ3v) is 5.80. The number of aromatic nitrogens is 2. The lowest BCUT2D eigenvalue weighted by Gasteiger charge is -2.33. The highest BCUT2D eigenvalue weighted by Gasteiger charge is 2.30. The second-order valence-electron chi connectivity index (χ2n) is 6.18. The number of Topliss-reactive ketones (excluding diaryl/α,β-unsaturated/α-hetero) is 1. The van der Waals surface area contributed by atoms with Gasteiger partial charge in [-0.1, -0.05) is 0 Å². The molecule has 0 bridgehead atoms. The molecule has 1 saturated heterocycles. The van der Waals surface area contributed by atoms with E-state index in [1.807, 2.05) is 0 Å². The van der Waals surface area contributed by atoms with E-state index in [1.165, 1.54) is 15.7 Å². The van der Waals surface area contributed by atoms with Crippen LogP contribution in [0.2, 0.25) is 0 Å². The quantitative estimate of drug-likeness (QED) is 0.742. The summed E-state index contributed by atoms with van der Waals surface area (Å²) in [6, 6.07) is 3.48. The van der Waals surface area contributed by atoms with Crippen molar-refractivity contribution < 1.29 is 18.0 Å². The van der Waals surface area contributed by atoms with Gasteiger partial charge in [0.1, 0.15) is 5.69 Å². The fraction of sp³-hybridized carbons (Fsp3) is 0.438. The summed E-state index contributed by atoms with van der Waals surface area (Å²) in [4.78, 5) is 26.6. The van der Waals surface area contributed by atoms with Crippen LogP contribution in [0.15, 0.2) is 18.3 Å². The van der Waals surface area contributed by atoms with Crippen molar-refractivity contribution in [3.63, 3.8) is 0 Å². The lowest BCUT2D eigenvalue weighted by Crippen LogP contribution is -2.50. The number of nitrogens with zero attached hydrogens (tertiary/aromatic N) is 4. The van der Waals surface area contributed by atoms with Gasteiger partial charge < -0.3 is 4.90 Å². The Bertz CT molecular complexity index is 956. The summed E-state index contributed by atoms with van der Waals surface area (Å²) < 4.78 is 26.1. The molecule has 0 saturated carbocycles. The van der Waals surface area contributed by atoms with Gasteiger partial charge in [0, 0.05) is 37.9 Å². The standard InChI is InChI=1S/C16H20N4O4S/c1-11-14(12(2)21)13-5-4-6-17-20(13)15(11)16(22)18-7-9-19(10-8-18)25(3,23)24/h4-6H,7-10H2,1-3H3. The fourth-order valence-corrected chi connectivity index (χ4v) is 4.10. The third-order valence-electron chi connectivity index (χ3n) is 4.50. The minimum atomic E-state index is -3.26. The molecule has 2 aromatic rings. The maximum Gasteiger partial charge on any atom is 0.272 e. The number of piperazine rings is 1. The molecule has 0 unspecified atom stereocenters. The number of hydrogen-bond acceptors (Lipinski definition) is 5. The highest BCUT2D eigenvalue weighted by molar-refractivity contribution is 7.88. The monoisotopic (exact) mass is 364 g/mol. The Morgan fingerprint density at radius 2 is 1.80 bits per heavy atom. The van der Waals surface area contributed by atoms with Crippen molar-refractivity contribution in [2.45, 2.75) is 13.8 Å². The summed E-state index contributed by atoms with van der Waals surface area (Å²) in [5.74, 6) is -0.365. The van der Waals surface area contributed by atoms with Crippen molar-refractivity contribution in [2.75, 3.05) is 32.4 Å². The van der Waals surface area contributed by atoms with E-state index >= 15 is 0 Å². The molecule has 0 N–H and O–H groups in total. The predicted octanol–water partition coefficient (Wildman–Crippen LogP) is 0.563. The topological polar surface area (TPSA) is 92.1 Å². The number of sulfonamides is 1. The largest absolute Gasteiger partial charge is 0.335 e. The molecule has 1 amide bonds. The van der Waals surface area contributed by atoms with E-state index in [4.69, 9.17) is 0 Å². The lowest BCUT2D eigenvalue weighted by molar-refractivity contribution is 0.0689. The number of fused-ring (bicyclic) bond motifs is 1. The minimum Gasteiger partial charge on any atom is -0.335 e. The zero-order valence-corrected chi connectivity index (χ0v) is 15.2. The maximum absolute atomic E-state index is 13.0. The lowest BCUT2D eigenvalue weighted by atomic mass is 10.1. The molecule has 8 nitrogen and oxygen atoms in total. The number of carbonyl (C=O) groups is 2. The minimum absolute atomic E-state index is 0.121. The maximum atomic E-state index is 13.0. The first-order chi connectivity index (χ1) is 11.7. The van der Waals surface area contributed by atoms with Crippen molar-refractivity contribution in [2.24, 2.45) is 0 Å². The van der Waals surface area contributed by atoms with Gasteiger partial charge >= 0.3 is 0 Å². The van der Waals surface area contributed by atoms with Crippen molar-refractivity contribution in [1.29, 1.82) is 0 Å². The van der Waals surface area contributed by atoms with Crippen LogP contribution >= 0.6 is 0 Å². The van der Waals surface area contributed by atoms with Gasteiger partial charge in [-0.2, -0.15) is 9.40 Å². The van der Waals surface area contributed by atoms with E-state index in [9.17, 15) is 18.0 Å². The summed E-state index contributed by atoms with van der Waals surface area (Å²) in [5, 5.41) is 4.23. The van der Waals surface area contributed by atoms with Crippen molar-refractivity contribution in [3.05, 3.63) is 35.2 Å². The van der Waals surface area contributed by atoms with Crippen LogP contribution in [0.1, 0.15) is 33.3 Å². The van der Waals surface area contributed by atoms with E-state index in [2.05, 4.69) is 5.10 Å². The van der Waals surface area contributed by atoms with Crippen LogP contribution < -0.4 is 0 Å². The summed E-state index contributed by atoms with van der Waals surface area (Å²) in [6.45, 7) is 4.35. The highest BCUT2D eigenvalue weighted by Crippen LogP contribution is 2.24. The van der Waals surface area contributed by atoms with Crippen LogP contribution in [0.3, 0.4) is 0 Å². The summed E-state index contributed by atoms with van der Waals surface area (Å²) in [6.07, 6.45) is 2.73. The van der Waals surface area contributed by atoms with E-state index in [0.717, 1.165) is 6.26 Å². The van der Waals surface area contributed by atoms with Gasteiger partial charge in [0.2, 0.25) is 10.0 Å². The Morgan fingerprint density at radius 1 is 1.16 bits per heavy atom. The molecule has 0 aliphatic carbocycles. The van der Waals surface area contributed by atoms with Crippen molar-refractivity contribution >= 4 is 27.2 Å². The average molecular weight is 364 g/mol. The van der Waals surface area contributed by atoms with Gasteiger partial charge in [0.25, 0.3) is 5.91 Å². The molecule has 0 radical (unpaired) electrons. The van der Waals surface area contributed by atoms with Gasteiger partial charge in [-0.05, 0) is 31.5 Å². The van der Waals surface area contributed by atoms with Gasteiger partial charge in [-0.3, -0.25) is 9.59 Å². The zero-order chi connectivity index (χ0) is 18.4. The van der Waals surface area contributed by atoms with E-state index in [-0.39, 0.29) is 24.8 Å². The summed E-state index contributed by atoms with van der Waals surface area (Å²) >= 11 is 0. The first kappa shape index (κ1) is 17.6. The Kier molecular flexibility index (Phi) is 4.38. The molecular formula is C16H20N4O4S. The normalized spacial score (nSPS) is 16.4. The Morgan fingerprint density at radius 3 is 2.36 bits per heavy atom. The number of carbonyl (C=O) groups excluding carboxylic acids is 2. The van der Waals surface area contributed by atoms with Crippen molar-refractivity contribution in [1.82, 2.24) is 18.8 Å². The average Bonchev–Trinajstić information content (AvgIpc) is 2.85. The number of ketones is 1. The second kappa shape index (κ2) is 6.23. The summed E-state index contributed by atoms with van der Waals surface area (Å²) in [7, 11) is -3.26. The van der Waals surface area contributed by atoms with Gasteiger partial charge in [0.05, 0.1) is 11.8 Å². The smallest absolute Gasteiger partial charge is 0.272 e. The van der Waals surface area contributed by atoms with Crippen LogP contribution in [0.4, 0.5) is 0 Å². The Hall–Kier alpha value is -2.26. The Labute approximate surface area is 146 Å². The molecule has 3 heterocycles. The van der Waals surface area contributed by atoms with Gasteiger partial charge in [-0.25, -0.2) is 12.9 Å². The highest BCUT2D eigenvalue weighted by atomic mass is 32.2. The SMILES string of the molecule is CC(=O)c1c(C)c(C(=O)N2CCN(S(C)(=O)=O)CC2)n2ncccc12. The van der Waals surface area contributed by atoms with E-state index in [0.29, 0.717) is 35.4 Å². The second-order valence-corrected chi connectivity index (χ2v) is 8.16. The van der Waals surface area contributed by atoms with Gasteiger partial charge in [0.15, 0.2) is 5.78 Å². The first-order valence-electron chi connectivity index (χ1n) is 7.93. The molecule has 1 fully saturated rings. The first-order valence-corrected chi connectivity index (χ1v) is 9.78. The molecule has 1 aliphatic heterocycles. The number of hydrogen-bond donors (Lipinski definition) is 0. The van der Waals surface area contributed by atoms with Gasteiger partial charge in [-0.15, -0.1) is 0 Å². The van der Waals surface area contributed by atoms with Crippen LogP contribution in [0.25, 0.3) is 5.52 Å². The predicted molar refractivity (Wildman–Crippen MR) is 92.3 cm³/mol. The molecule has 1 aliphatic rings. The summed E-state index contributed by atoms with van der Waals surface area (Å²) in [5.41, 5.74) is 2.05. The molecule has 9 heteroatoms. The Balaban J connectivity index is 1.97. The molecule has 0 atom stereocenters. The van der Waals surface area contributed by atoms with Crippen molar-refractivity contribution in [3.8, 4) is 0 Å². The fourth-order valence-electron chi connectivity index (χ4n) is 3.28. The molecule has 3 rings (SSSR count). The van der Waals surface area contributed by atoms with Crippen LogP contribution in [0.5, 0.6) is 0 Å². The third kappa shape index (κ3) is 3.05. The molecule has 0 spiro atoms. The van der Waals surface area contributed by atoms with Crippen LogP contribution in [0, 0.1) is 6.92 Å². The van der Waals surface area contributed by atoms with E-state index < -0.39 is 10.0 Å². The number of amides is 1. The van der Waals surface area contributed by atoms with E-state index in [1.54, 1.807) is 30.2 Å². The molecule has 25 heavy (non-hydrogen) atoms. The van der Waals surface area contributed by atoms with Crippen LogP contribution in [-0.2, 0) is 10.0 Å². The molecule has 134 valence electrons. The molecule has 2 aromatic heterocycles. The molecular weight excluding hydrogens is 344 g/mol. The zero-order valence-electron chi connectivity index (χ0n) is 14.4.